The lowest BCUT2D eigenvalue weighted by atomic mass is 10.1. The average Bonchev–Trinajstić information content (AvgIpc) is 2.71. The molecule has 1 amide bonds. The third kappa shape index (κ3) is 5.83. The highest BCUT2D eigenvalue weighted by molar-refractivity contribution is 5.87. The summed E-state index contributed by atoms with van der Waals surface area (Å²) in [7, 11) is 2.61. The van der Waals surface area contributed by atoms with Gasteiger partial charge in [-0.05, 0) is 18.2 Å². The number of nitro benzene ring substituents is 1. The number of hydrogen-bond acceptors (Lipinski definition) is 7. The summed E-state index contributed by atoms with van der Waals surface area (Å²) in [4.78, 5) is 22.3. The van der Waals surface area contributed by atoms with Gasteiger partial charge >= 0.3 is 11.9 Å². The van der Waals surface area contributed by atoms with Crippen LogP contribution in [0.15, 0.2) is 41.5 Å². The molecular weight excluding hydrogens is 409 g/mol. The molecule has 0 aliphatic rings. The summed E-state index contributed by atoms with van der Waals surface area (Å²) in [5.41, 5.74) is 1.31. The molecule has 12 heteroatoms. The Morgan fingerprint density at radius 2 is 1.90 bits per heavy atom. The molecule has 160 valence electrons. The Kier molecular flexibility index (Phi) is 7.17. The first kappa shape index (κ1) is 22.5. The van der Waals surface area contributed by atoms with E-state index in [0.29, 0.717) is 0 Å². The summed E-state index contributed by atoms with van der Waals surface area (Å²) in [5, 5.41) is 17.4. The average molecular weight is 426 g/mol. The Morgan fingerprint density at radius 3 is 2.50 bits per heavy atom. The minimum absolute atomic E-state index is 0.0108. The molecule has 0 aliphatic carbocycles. The van der Waals surface area contributed by atoms with Crippen molar-refractivity contribution in [2.45, 2.75) is 6.18 Å². The number of halogens is 3. The van der Waals surface area contributed by atoms with Crippen LogP contribution >= 0.6 is 0 Å². The minimum atomic E-state index is -4.50. The van der Waals surface area contributed by atoms with Crippen LogP contribution in [0, 0.1) is 10.1 Å². The van der Waals surface area contributed by atoms with Gasteiger partial charge in [0, 0.05) is 23.4 Å². The molecule has 0 bridgehead atoms. The van der Waals surface area contributed by atoms with E-state index in [0.717, 1.165) is 24.4 Å². The van der Waals surface area contributed by atoms with E-state index in [2.05, 4.69) is 15.8 Å². The normalized spacial score (nSPS) is 11.2. The Balaban J connectivity index is 2.03. The highest BCUT2D eigenvalue weighted by atomic mass is 19.4. The zero-order valence-corrected chi connectivity index (χ0v) is 15.8. The van der Waals surface area contributed by atoms with Crippen molar-refractivity contribution >= 4 is 23.5 Å². The zero-order chi connectivity index (χ0) is 22.3. The standard InChI is InChI=1S/C18H17F3N4O5/c1-29-15-8-16(30-2)14(25(27)28)6-11(15)9-23-24-17(26)10-22-13-5-3-4-12(7-13)18(19,20)21/h3-9,22H,10H2,1-2H3,(H,24,26)/b23-9-. The van der Waals surface area contributed by atoms with Gasteiger partial charge in [0.2, 0.25) is 5.75 Å². The van der Waals surface area contributed by atoms with Crippen molar-refractivity contribution in [1.29, 1.82) is 0 Å². The van der Waals surface area contributed by atoms with Crippen molar-refractivity contribution in [2.24, 2.45) is 5.10 Å². The predicted octanol–water partition coefficient (Wildman–Crippen LogP) is 3.19. The van der Waals surface area contributed by atoms with Crippen LogP contribution in [-0.2, 0) is 11.0 Å². The Bertz CT molecular complexity index is 963. The Morgan fingerprint density at radius 1 is 1.20 bits per heavy atom. The van der Waals surface area contributed by atoms with Gasteiger partial charge < -0.3 is 14.8 Å². The van der Waals surface area contributed by atoms with Gasteiger partial charge in [0.05, 0.1) is 37.5 Å². The fourth-order valence-electron chi connectivity index (χ4n) is 2.35. The van der Waals surface area contributed by atoms with Crippen molar-refractivity contribution in [3.8, 4) is 11.5 Å². The van der Waals surface area contributed by atoms with Crippen molar-refractivity contribution < 1.29 is 32.4 Å². The molecule has 2 rings (SSSR count). The van der Waals surface area contributed by atoms with Gasteiger partial charge in [-0.1, -0.05) is 6.07 Å². The summed E-state index contributed by atoms with van der Waals surface area (Å²) in [6.07, 6.45) is -3.36. The zero-order valence-electron chi connectivity index (χ0n) is 15.8. The maximum atomic E-state index is 12.7. The SMILES string of the molecule is COc1cc(OC)c([N+](=O)[O-])cc1/C=N\NC(=O)CNc1cccc(C(F)(F)F)c1. The van der Waals surface area contributed by atoms with E-state index < -0.39 is 22.6 Å². The largest absolute Gasteiger partial charge is 0.496 e. The van der Waals surface area contributed by atoms with Crippen LogP contribution in [-0.4, -0.2) is 37.8 Å². The van der Waals surface area contributed by atoms with E-state index in [-0.39, 0.29) is 35.0 Å². The minimum Gasteiger partial charge on any atom is -0.496 e. The van der Waals surface area contributed by atoms with E-state index in [1.165, 1.54) is 32.4 Å². The number of methoxy groups -OCH3 is 2. The molecule has 0 fully saturated rings. The summed E-state index contributed by atoms with van der Waals surface area (Å²) >= 11 is 0. The number of nitrogens with zero attached hydrogens (tertiary/aromatic N) is 2. The van der Waals surface area contributed by atoms with Crippen molar-refractivity contribution in [1.82, 2.24) is 5.43 Å². The number of anilines is 1. The molecule has 0 aliphatic heterocycles. The maximum absolute atomic E-state index is 12.7. The maximum Gasteiger partial charge on any atom is 0.416 e. The highest BCUT2D eigenvalue weighted by Crippen LogP contribution is 2.33. The van der Waals surface area contributed by atoms with Gasteiger partial charge in [0.15, 0.2) is 0 Å². The summed E-state index contributed by atoms with van der Waals surface area (Å²) in [6.45, 7) is -0.349. The first-order valence-corrected chi connectivity index (χ1v) is 8.29. The lowest BCUT2D eigenvalue weighted by Crippen LogP contribution is -2.26. The molecule has 9 nitrogen and oxygen atoms in total. The second kappa shape index (κ2) is 9.58. The number of carbonyl (C=O) groups excluding carboxylic acids is 1. The third-order valence-corrected chi connectivity index (χ3v) is 3.76. The number of carbonyl (C=O) groups is 1. The number of benzene rings is 2. The molecule has 2 aromatic rings. The van der Waals surface area contributed by atoms with E-state index in [4.69, 9.17) is 9.47 Å². The molecule has 2 N–H and O–H groups in total. The van der Waals surface area contributed by atoms with Gasteiger partial charge in [-0.3, -0.25) is 14.9 Å². The smallest absolute Gasteiger partial charge is 0.416 e. The number of nitrogens with one attached hydrogen (secondary N) is 2. The van der Waals surface area contributed by atoms with Gasteiger partial charge in [-0.25, -0.2) is 5.43 Å². The monoisotopic (exact) mass is 426 g/mol. The number of amides is 1. The topological polar surface area (TPSA) is 115 Å². The second-order valence-electron chi connectivity index (χ2n) is 5.75. The number of alkyl halides is 3. The van der Waals surface area contributed by atoms with Crippen LogP contribution < -0.4 is 20.2 Å². The highest BCUT2D eigenvalue weighted by Gasteiger charge is 2.30. The summed E-state index contributed by atoms with van der Waals surface area (Å²) in [5.74, 6) is -0.438. The van der Waals surface area contributed by atoms with E-state index in [9.17, 15) is 28.1 Å². The molecule has 30 heavy (non-hydrogen) atoms. The molecule has 0 heterocycles. The molecule has 0 saturated carbocycles. The molecule has 0 spiro atoms. The first-order valence-electron chi connectivity index (χ1n) is 8.29. The van der Waals surface area contributed by atoms with E-state index in [1.54, 1.807) is 0 Å². The van der Waals surface area contributed by atoms with E-state index >= 15 is 0 Å². The quantitative estimate of drug-likeness (QED) is 0.381. The second-order valence-corrected chi connectivity index (χ2v) is 5.75. The Labute approximate surface area is 168 Å². The summed E-state index contributed by atoms with van der Waals surface area (Å²) < 4.78 is 48.1. The number of hydrogen-bond donors (Lipinski definition) is 2. The van der Waals surface area contributed by atoms with Crippen LogP contribution in [0.25, 0.3) is 0 Å². The first-order chi connectivity index (χ1) is 14.2. The predicted molar refractivity (Wildman–Crippen MR) is 102 cm³/mol. The van der Waals surface area contributed by atoms with Crippen LogP contribution in [0.5, 0.6) is 11.5 Å². The molecular formula is C18H17F3N4O5. The van der Waals surface area contributed by atoms with Crippen LogP contribution in [0.4, 0.5) is 24.5 Å². The lowest BCUT2D eigenvalue weighted by molar-refractivity contribution is -0.385. The molecule has 0 unspecified atom stereocenters. The number of hydrazone groups is 1. The van der Waals surface area contributed by atoms with Crippen LogP contribution in [0.3, 0.4) is 0 Å². The Hall–Kier alpha value is -3.83. The molecule has 0 aromatic heterocycles. The van der Waals surface area contributed by atoms with Crippen molar-refractivity contribution in [2.75, 3.05) is 26.1 Å². The summed E-state index contributed by atoms with van der Waals surface area (Å²) in [6, 6.07) is 6.84. The fraction of sp³-hybridized carbons (Fsp3) is 0.222. The number of rotatable bonds is 8. The fourth-order valence-corrected chi connectivity index (χ4v) is 2.35. The van der Waals surface area contributed by atoms with Crippen LogP contribution in [0.1, 0.15) is 11.1 Å². The molecule has 0 radical (unpaired) electrons. The van der Waals surface area contributed by atoms with Gasteiger partial charge in [0.25, 0.3) is 5.91 Å². The van der Waals surface area contributed by atoms with Crippen LogP contribution in [0.2, 0.25) is 0 Å². The van der Waals surface area contributed by atoms with E-state index in [1.807, 2.05) is 0 Å². The lowest BCUT2D eigenvalue weighted by Gasteiger charge is -2.10. The van der Waals surface area contributed by atoms with Gasteiger partial charge in [-0.15, -0.1) is 0 Å². The van der Waals surface area contributed by atoms with Gasteiger partial charge in [0.1, 0.15) is 5.75 Å². The number of ether oxygens (including phenoxy) is 2. The van der Waals surface area contributed by atoms with Crippen molar-refractivity contribution in [3.05, 3.63) is 57.6 Å². The van der Waals surface area contributed by atoms with Crippen molar-refractivity contribution in [3.63, 3.8) is 0 Å². The third-order valence-electron chi connectivity index (χ3n) is 3.76. The molecule has 0 atom stereocenters. The van der Waals surface area contributed by atoms with Gasteiger partial charge in [-0.2, -0.15) is 18.3 Å². The molecule has 2 aromatic carbocycles. The molecule has 0 saturated heterocycles. The number of nitro groups is 1.